The van der Waals surface area contributed by atoms with Crippen molar-refractivity contribution in [3.8, 4) is 0 Å². The van der Waals surface area contributed by atoms with Crippen molar-refractivity contribution in [1.82, 2.24) is 10.3 Å². The first-order valence-corrected chi connectivity index (χ1v) is 7.50. The predicted molar refractivity (Wildman–Crippen MR) is 74.3 cm³/mol. The van der Waals surface area contributed by atoms with E-state index in [1.54, 1.807) is 12.1 Å². The van der Waals surface area contributed by atoms with E-state index in [0.29, 0.717) is 29.6 Å². The highest BCUT2D eigenvalue weighted by Gasteiger charge is 2.07. The van der Waals surface area contributed by atoms with Crippen molar-refractivity contribution < 1.29 is 9.00 Å². The van der Waals surface area contributed by atoms with Gasteiger partial charge in [-0.3, -0.25) is 9.00 Å². The Hall–Kier alpha value is -1.43. The standard InChI is InChI=1S/C12H19N3O2S/c1-3-13-11-7-5-6-10(15-11)12(16)14-8-9-18(17)4-2/h5-7H,3-4,8-9H2,1-2H3,(H,13,15)(H,14,16). The molecule has 18 heavy (non-hydrogen) atoms. The maximum atomic E-state index is 11.8. The number of amides is 1. The molecule has 1 rings (SSSR count). The first kappa shape index (κ1) is 14.6. The lowest BCUT2D eigenvalue weighted by atomic mass is 10.3. The number of carbonyl (C=O) groups is 1. The molecule has 0 spiro atoms. The molecule has 2 N–H and O–H groups in total. The topological polar surface area (TPSA) is 71.1 Å². The van der Waals surface area contributed by atoms with Gasteiger partial charge in [0.15, 0.2) is 0 Å². The summed E-state index contributed by atoms with van der Waals surface area (Å²) in [6, 6.07) is 5.25. The average molecular weight is 269 g/mol. The van der Waals surface area contributed by atoms with Gasteiger partial charge in [-0.1, -0.05) is 13.0 Å². The lowest BCUT2D eigenvalue weighted by molar-refractivity contribution is 0.0951. The number of rotatable bonds is 7. The molecule has 0 saturated heterocycles. The Morgan fingerprint density at radius 2 is 2.17 bits per heavy atom. The van der Waals surface area contributed by atoms with E-state index in [-0.39, 0.29) is 5.91 Å². The second-order valence-electron chi connectivity index (χ2n) is 3.63. The molecule has 0 aromatic carbocycles. The van der Waals surface area contributed by atoms with Gasteiger partial charge in [-0.2, -0.15) is 0 Å². The minimum absolute atomic E-state index is 0.233. The summed E-state index contributed by atoms with van der Waals surface area (Å²) in [5.74, 6) is 1.55. The Kier molecular flexibility index (Phi) is 6.35. The van der Waals surface area contributed by atoms with Crippen molar-refractivity contribution >= 4 is 22.5 Å². The summed E-state index contributed by atoms with van der Waals surface area (Å²) in [4.78, 5) is 16.0. The summed E-state index contributed by atoms with van der Waals surface area (Å²) in [6.45, 7) is 4.99. The fraction of sp³-hybridized carbons (Fsp3) is 0.500. The first-order valence-electron chi connectivity index (χ1n) is 6.01. The molecule has 1 aromatic heterocycles. The van der Waals surface area contributed by atoms with E-state index in [4.69, 9.17) is 0 Å². The van der Waals surface area contributed by atoms with Crippen LogP contribution in [0.15, 0.2) is 18.2 Å². The van der Waals surface area contributed by atoms with E-state index < -0.39 is 10.8 Å². The van der Waals surface area contributed by atoms with Gasteiger partial charge in [-0.05, 0) is 19.1 Å². The van der Waals surface area contributed by atoms with Gasteiger partial charge in [0.05, 0.1) is 0 Å². The average Bonchev–Trinajstić information content (AvgIpc) is 2.39. The maximum absolute atomic E-state index is 11.8. The summed E-state index contributed by atoms with van der Waals surface area (Å²) in [7, 11) is -0.855. The number of carbonyl (C=O) groups excluding carboxylic acids is 1. The molecule has 1 aromatic rings. The Labute approximate surface area is 110 Å². The molecule has 1 amide bonds. The molecule has 1 unspecified atom stereocenters. The molecule has 0 radical (unpaired) electrons. The van der Waals surface area contributed by atoms with Gasteiger partial charge < -0.3 is 10.6 Å². The minimum atomic E-state index is -0.855. The molecule has 1 heterocycles. The van der Waals surface area contributed by atoms with Crippen molar-refractivity contribution in [3.05, 3.63) is 23.9 Å². The van der Waals surface area contributed by atoms with Crippen molar-refractivity contribution in [2.75, 3.05) is 29.9 Å². The smallest absolute Gasteiger partial charge is 0.269 e. The number of aromatic nitrogens is 1. The molecule has 0 saturated carbocycles. The van der Waals surface area contributed by atoms with Crippen LogP contribution in [0.25, 0.3) is 0 Å². The number of pyridine rings is 1. The highest BCUT2D eigenvalue weighted by atomic mass is 32.2. The number of hydrogen-bond acceptors (Lipinski definition) is 4. The highest BCUT2D eigenvalue weighted by molar-refractivity contribution is 7.84. The van der Waals surface area contributed by atoms with Crippen molar-refractivity contribution in [3.63, 3.8) is 0 Å². The molecule has 0 aliphatic carbocycles. The quantitative estimate of drug-likeness (QED) is 0.775. The van der Waals surface area contributed by atoms with Crippen LogP contribution in [0.4, 0.5) is 5.82 Å². The summed E-state index contributed by atoms with van der Waals surface area (Å²) in [6.07, 6.45) is 0. The third-order valence-electron chi connectivity index (χ3n) is 2.28. The highest BCUT2D eigenvalue weighted by Crippen LogP contribution is 2.04. The normalized spacial score (nSPS) is 11.9. The number of hydrogen-bond donors (Lipinski definition) is 2. The van der Waals surface area contributed by atoms with E-state index in [1.165, 1.54) is 0 Å². The van der Waals surface area contributed by atoms with Gasteiger partial charge in [-0.15, -0.1) is 0 Å². The van der Waals surface area contributed by atoms with Gasteiger partial charge in [-0.25, -0.2) is 4.98 Å². The minimum Gasteiger partial charge on any atom is -0.370 e. The summed E-state index contributed by atoms with van der Waals surface area (Å²) < 4.78 is 11.2. The van der Waals surface area contributed by atoms with Gasteiger partial charge in [0, 0.05) is 35.4 Å². The second kappa shape index (κ2) is 7.81. The van der Waals surface area contributed by atoms with Crippen LogP contribution < -0.4 is 10.6 Å². The lowest BCUT2D eigenvalue weighted by Gasteiger charge is -2.06. The van der Waals surface area contributed by atoms with Crippen LogP contribution in [0.2, 0.25) is 0 Å². The Morgan fingerprint density at radius 1 is 1.39 bits per heavy atom. The van der Waals surface area contributed by atoms with Crippen LogP contribution in [0.1, 0.15) is 24.3 Å². The SMILES string of the molecule is CCNc1cccc(C(=O)NCCS(=O)CC)n1. The first-order chi connectivity index (χ1) is 8.67. The summed E-state index contributed by atoms with van der Waals surface area (Å²) in [5.41, 5.74) is 0.371. The molecular weight excluding hydrogens is 250 g/mol. The van der Waals surface area contributed by atoms with Crippen LogP contribution >= 0.6 is 0 Å². The maximum Gasteiger partial charge on any atom is 0.269 e. The zero-order valence-electron chi connectivity index (χ0n) is 10.7. The van der Waals surface area contributed by atoms with Gasteiger partial charge in [0.1, 0.15) is 11.5 Å². The van der Waals surface area contributed by atoms with Crippen molar-refractivity contribution in [1.29, 1.82) is 0 Å². The van der Waals surface area contributed by atoms with Crippen molar-refractivity contribution in [2.24, 2.45) is 0 Å². The molecule has 5 nitrogen and oxygen atoms in total. The van der Waals surface area contributed by atoms with Crippen molar-refractivity contribution in [2.45, 2.75) is 13.8 Å². The monoisotopic (exact) mass is 269 g/mol. The van der Waals surface area contributed by atoms with Gasteiger partial charge in [0.25, 0.3) is 5.91 Å². The predicted octanol–water partition coefficient (Wildman–Crippen LogP) is 1.01. The van der Waals surface area contributed by atoms with E-state index >= 15 is 0 Å². The van der Waals surface area contributed by atoms with Crippen LogP contribution in [-0.4, -0.2) is 39.7 Å². The summed E-state index contributed by atoms with van der Waals surface area (Å²) >= 11 is 0. The second-order valence-corrected chi connectivity index (χ2v) is 5.49. The zero-order valence-corrected chi connectivity index (χ0v) is 11.5. The van der Waals surface area contributed by atoms with E-state index in [2.05, 4.69) is 15.6 Å². The van der Waals surface area contributed by atoms with Gasteiger partial charge >= 0.3 is 0 Å². The van der Waals surface area contributed by atoms with E-state index in [9.17, 15) is 9.00 Å². The largest absolute Gasteiger partial charge is 0.370 e. The van der Waals surface area contributed by atoms with Crippen LogP contribution in [0.3, 0.4) is 0 Å². The molecule has 0 bridgehead atoms. The molecular formula is C12H19N3O2S. The molecule has 0 aliphatic rings. The molecule has 0 fully saturated rings. The fourth-order valence-electron chi connectivity index (χ4n) is 1.35. The van der Waals surface area contributed by atoms with Crippen LogP contribution in [-0.2, 0) is 10.8 Å². The van der Waals surface area contributed by atoms with E-state index in [1.807, 2.05) is 19.9 Å². The lowest BCUT2D eigenvalue weighted by Crippen LogP contribution is -2.28. The zero-order chi connectivity index (χ0) is 13.4. The third kappa shape index (κ3) is 4.83. The summed E-state index contributed by atoms with van der Waals surface area (Å²) in [5, 5.41) is 5.76. The van der Waals surface area contributed by atoms with E-state index in [0.717, 1.165) is 6.54 Å². The third-order valence-corrected chi connectivity index (χ3v) is 3.58. The van der Waals surface area contributed by atoms with Crippen LogP contribution in [0.5, 0.6) is 0 Å². The molecule has 0 aliphatic heterocycles. The number of anilines is 1. The molecule has 100 valence electrons. The Balaban J connectivity index is 2.50. The molecule has 1 atom stereocenters. The fourth-order valence-corrected chi connectivity index (χ4v) is 1.97. The number of nitrogens with zero attached hydrogens (tertiary/aromatic N) is 1. The van der Waals surface area contributed by atoms with Crippen LogP contribution in [0, 0.1) is 0 Å². The number of nitrogens with one attached hydrogen (secondary N) is 2. The molecule has 6 heteroatoms. The van der Waals surface area contributed by atoms with Gasteiger partial charge in [0.2, 0.25) is 0 Å². The Bertz CT molecular complexity index is 424. The Morgan fingerprint density at radius 3 is 2.83 bits per heavy atom.